The molecule has 1 heterocycles. The van der Waals surface area contributed by atoms with Gasteiger partial charge >= 0.3 is 5.97 Å². The summed E-state index contributed by atoms with van der Waals surface area (Å²) in [7, 11) is -2.45. The zero-order chi connectivity index (χ0) is 17.6. The summed E-state index contributed by atoms with van der Waals surface area (Å²) >= 11 is 0. The van der Waals surface area contributed by atoms with Crippen molar-refractivity contribution in [2.45, 2.75) is 23.9 Å². The minimum Gasteiger partial charge on any atom is -0.480 e. The van der Waals surface area contributed by atoms with Gasteiger partial charge in [0.05, 0.1) is 19.3 Å². The van der Waals surface area contributed by atoms with Gasteiger partial charge in [0, 0.05) is 13.3 Å². The molecular formula is C15H19N3O5S. The molecule has 1 aromatic heterocycles. The number of carboxylic acids is 1. The van der Waals surface area contributed by atoms with Crippen LogP contribution in [0.3, 0.4) is 0 Å². The largest absolute Gasteiger partial charge is 0.480 e. The highest BCUT2D eigenvalue weighted by atomic mass is 32.2. The van der Waals surface area contributed by atoms with E-state index in [4.69, 9.17) is 4.74 Å². The number of hydrogen-bond donors (Lipinski definition) is 2. The van der Waals surface area contributed by atoms with Gasteiger partial charge in [-0.2, -0.15) is 9.82 Å². The summed E-state index contributed by atoms with van der Waals surface area (Å²) in [6.07, 6.45) is 2.56. The van der Waals surface area contributed by atoms with E-state index in [1.165, 1.54) is 24.2 Å². The Labute approximate surface area is 140 Å². The molecule has 0 aliphatic heterocycles. The molecule has 0 radical (unpaired) electrons. The number of carbonyl (C=O) groups is 1. The molecule has 24 heavy (non-hydrogen) atoms. The second kappa shape index (κ2) is 8.04. The fourth-order valence-corrected chi connectivity index (χ4v) is 3.22. The second-order valence-electron chi connectivity index (χ2n) is 5.13. The number of ether oxygens (including phenoxy) is 1. The Morgan fingerprint density at radius 2 is 2.08 bits per heavy atom. The van der Waals surface area contributed by atoms with Crippen LogP contribution >= 0.6 is 0 Å². The van der Waals surface area contributed by atoms with E-state index >= 15 is 0 Å². The van der Waals surface area contributed by atoms with Gasteiger partial charge < -0.3 is 9.84 Å². The molecule has 130 valence electrons. The van der Waals surface area contributed by atoms with E-state index in [-0.39, 0.29) is 11.3 Å². The first-order chi connectivity index (χ1) is 11.4. The Hall–Kier alpha value is -2.23. The van der Waals surface area contributed by atoms with Crippen molar-refractivity contribution in [3.05, 3.63) is 48.3 Å². The number of nitrogens with one attached hydrogen (secondary N) is 1. The fraction of sp³-hybridized carbons (Fsp3) is 0.333. The quantitative estimate of drug-likeness (QED) is 0.679. The summed E-state index contributed by atoms with van der Waals surface area (Å²) in [5.74, 6) is -1.24. The van der Waals surface area contributed by atoms with Gasteiger partial charge in [-0.1, -0.05) is 30.3 Å². The minimum atomic E-state index is -3.98. The van der Waals surface area contributed by atoms with E-state index in [0.29, 0.717) is 13.2 Å². The second-order valence-corrected chi connectivity index (χ2v) is 6.85. The van der Waals surface area contributed by atoms with Crippen molar-refractivity contribution >= 4 is 16.0 Å². The number of nitrogens with zero attached hydrogens (tertiary/aromatic N) is 2. The van der Waals surface area contributed by atoms with Gasteiger partial charge in [0.2, 0.25) is 10.0 Å². The molecular weight excluding hydrogens is 334 g/mol. The summed E-state index contributed by atoms with van der Waals surface area (Å²) in [6, 6.07) is 7.56. The number of benzene rings is 1. The Morgan fingerprint density at radius 3 is 2.71 bits per heavy atom. The third-order valence-electron chi connectivity index (χ3n) is 3.32. The SMILES string of the molecule is COCCn1cc(S(=O)(=O)N[C@H](Cc2ccccc2)C(=O)O)cn1. The number of methoxy groups -OCH3 is 1. The lowest BCUT2D eigenvalue weighted by Gasteiger charge is -2.14. The zero-order valence-corrected chi connectivity index (χ0v) is 13.9. The van der Waals surface area contributed by atoms with E-state index in [2.05, 4.69) is 9.82 Å². The van der Waals surface area contributed by atoms with Crippen LogP contribution in [0, 0.1) is 0 Å². The number of carboxylic acid groups (broad SMARTS) is 1. The first kappa shape index (κ1) is 18.1. The van der Waals surface area contributed by atoms with Gasteiger partial charge in [0.1, 0.15) is 10.9 Å². The highest BCUT2D eigenvalue weighted by Gasteiger charge is 2.26. The molecule has 0 unspecified atom stereocenters. The predicted octanol–water partition coefficient (Wildman–Crippen LogP) is 0.504. The summed E-state index contributed by atoms with van der Waals surface area (Å²) in [6.45, 7) is 0.790. The van der Waals surface area contributed by atoms with Gasteiger partial charge in [-0.25, -0.2) is 8.42 Å². The van der Waals surface area contributed by atoms with Gasteiger partial charge in [-0.15, -0.1) is 0 Å². The van der Waals surface area contributed by atoms with Crippen molar-refractivity contribution in [2.75, 3.05) is 13.7 Å². The van der Waals surface area contributed by atoms with E-state index in [1.54, 1.807) is 30.3 Å². The molecule has 0 amide bonds. The van der Waals surface area contributed by atoms with E-state index < -0.39 is 22.0 Å². The van der Waals surface area contributed by atoms with Crippen LogP contribution in [0.4, 0.5) is 0 Å². The first-order valence-electron chi connectivity index (χ1n) is 7.23. The lowest BCUT2D eigenvalue weighted by molar-refractivity contribution is -0.138. The van der Waals surface area contributed by atoms with Crippen LogP contribution in [0.2, 0.25) is 0 Å². The Kier molecular flexibility index (Phi) is 6.07. The van der Waals surface area contributed by atoms with Crippen LogP contribution in [0.15, 0.2) is 47.6 Å². The van der Waals surface area contributed by atoms with Crippen molar-refractivity contribution in [1.82, 2.24) is 14.5 Å². The van der Waals surface area contributed by atoms with Crippen LogP contribution in [0.1, 0.15) is 5.56 Å². The molecule has 8 nitrogen and oxygen atoms in total. The maximum absolute atomic E-state index is 12.4. The summed E-state index contributed by atoms with van der Waals surface area (Å²) in [4.78, 5) is 11.3. The van der Waals surface area contributed by atoms with Crippen molar-refractivity contribution in [3.63, 3.8) is 0 Å². The molecule has 0 spiro atoms. The molecule has 1 atom stereocenters. The number of aromatic nitrogens is 2. The average Bonchev–Trinajstić information content (AvgIpc) is 3.03. The normalized spacial score (nSPS) is 12.9. The van der Waals surface area contributed by atoms with E-state index in [9.17, 15) is 18.3 Å². The van der Waals surface area contributed by atoms with Gasteiger partial charge in [0.25, 0.3) is 0 Å². The minimum absolute atomic E-state index is 0.0488. The summed E-state index contributed by atoms with van der Waals surface area (Å²) < 4.78 is 33.3. The molecule has 0 fully saturated rings. The van der Waals surface area contributed by atoms with Crippen molar-refractivity contribution < 1.29 is 23.1 Å². The summed E-state index contributed by atoms with van der Waals surface area (Å²) in [5, 5.41) is 13.2. The van der Waals surface area contributed by atoms with Gasteiger partial charge in [-0.3, -0.25) is 9.48 Å². The number of aliphatic carboxylic acids is 1. The Bertz CT molecular complexity index is 773. The highest BCUT2D eigenvalue weighted by molar-refractivity contribution is 7.89. The first-order valence-corrected chi connectivity index (χ1v) is 8.71. The molecule has 1 aromatic carbocycles. The highest BCUT2D eigenvalue weighted by Crippen LogP contribution is 2.10. The zero-order valence-electron chi connectivity index (χ0n) is 13.1. The van der Waals surface area contributed by atoms with E-state index in [1.807, 2.05) is 0 Å². The van der Waals surface area contributed by atoms with Crippen molar-refractivity contribution in [3.8, 4) is 0 Å². The van der Waals surface area contributed by atoms with Gasteiger partial charge in [0.15, 0.2) is 0 Å². The molecule has 0 aliphatic carbocycles. The molecule has 0 saturated carbocycles. The van der Waals surface area contributed by atoms with Crippen LogP contribution in [-0.2, 0) is 32.5 Å². The third kappa shape index (κ3) is 4.88. The Morgan fingerprint density at radius 1 is 1.38 bits per heavy atom. The van der Waals surface area contributed by atoms with Crippen LogP contribution in [-0.4, -0.2) is 49.0 Å². The molecule has 2 aromatic rings. The molecule has 0 saturated heterocycles. The smallest absolute Gasteiger partial charge is 0.322 e. The van der Waals surface area contributed by atoms with Crippen LogP contribution in [0.25, 0.3) is 0 Å². The van der Waals surface area contributed by atoms with Crippen LogP contribution < -0.4 is 4.72 Å². The van der Waals surface area contributed by atoms with Crippen molar-refractivity contribution in [1.29, 1.82) is 0 Å². The lowest BCUT2D eigenvalue weighted by atomic mass is 10.1. The molecule has 0 bridgehead atoms. The standard InChI is InChI=1S/C15H19N3O5S/c1-23-8-7-18-11-13(10-16-18)24(21,22)17-14(15(19)20)9-12-5-3-2-4-6-12/h2-6,10-11,14,17H,7-9H2,1H3,(H,19,20)/t14-/m1/s1. The average molecular weight is 353 g/mol. The van der Waals surface area contributed by atoms with Crippen molar-refractivity contribution in [2.24, 2.45) is 0 Å². The molecule has 9 heteroatoms. The molecule has 2 N–H and O–H groups in total. The van der Waals surface area contributed by atoms with Gasteiger partial charge in [-0.05, 0) is 12.0 Å². The predicted molar refractivity (Wildman–Crippen MR) is 86.0 cm³/mol. The number of hydrogen-bond acceptors (Lipinski definition) is 5. The number of sulfonamides is 1. The lowest BCUT2D eigenvalue weighted by Crippen LogP contribution is -2.42. The maximum Gasteiger partial charge on any atom is 0.322 e. The monoisotopic (exact) mass is 353 g/mol. The maximum atomic E-state index is 12.4. The van der Waals surface area contributed by atoms with Crippen LogP contribution in [0.5, 0.6) is 0 Å². The summed E-state index contributed by atoms with van der Waals surface area (Å²) in [5.41, 5.74) is 0.725. The number of rotatable bonds is 9. The molecule has 2 rings (SSSR count). The topological polar surface area (TPSA) is 111 Å². The third-order valence-corrected chi connectivity index (χ3v) is 4.75. The Balaban J connectivity index is 2.12. The molecule has 0 aliphatic rings. The fourth-order valence-electron chi connectivity index (χ4n) is 2.07. The van der Waals surface area contributed by atoms with E-state index in [0.717, 1.165) is 5.56 Å².